The number of nitrogens with one attached hydrogen (secondary N) is 2. The van der Waals surface area contributed by atoms with Crippen molar-refractivity contribution >= 4 is 39.2 Å². The fourth-order valence-corrected chi connectivity index (χ4v) is 4.23. The number of hydrogen-bond donors (Lipinski definition) is 2. The van der Waals surface area contributed by atoms with Gasteiger partial charge in [0.15, 0.2) is 5.65 Å². The van der Waals surface area contributed by atoms with Crippen molar-refractivity contribution in [1.29, 1.82) is 0 Å². The van der Waals surface area contributed by atoms with Crippen molar-refractivity contribution in [2.24, 2.45) is 0 Å². The summed E-state index contributed by atoms with van der Waals surface area (Å²) in [5, 5.41) is 5.12. The summed E-state index contributed by atoms with van der Waals surface area (Å²) >= 11 is 6.39. The summed E-state index contributed by atoms with van der Waals surface area (Å²) in [7, 11) is 0. The van der Waals surface area contributed by atoms with E-state index in [-0.39, 0.29) is 16.5 Å². The van der Waals surface area contributed by atoms with Crippen LogP contribution in [-0.2, 0) is 0 Å². The molecule has 33 heavy (non-hydrogen) atoms. The Hall–Kier alpha value is -4.04. The summed E-state index contributed by atoms with van der Waals surface area (Å²) in [6.45, 7) is 3.63. The SMILES string of the molecule is Cc1nc(N[C@@H](C)c2cc3cccc(Cl)c3c(=O)n2-c2ccccc2)c2c(=O)[nH]cnc2n1. The van der Waals surface area contributed by atoms with Gasteiger partial charge in [0.2, 0.25) is 0 Å². The Kier molecular flexibility index (Phi) is 5.14. The molecule has 3 heterocycles. The molecule has 5 rings (SSSR count). The van der Waals surface area contributed by atoms with E-state index in [1.807, 2.05) is 55.5 Å². The number of anilines is 1. The van der Waals surface area contributed by atoms with Crippen LogP contribution in [0.3, 0.4) is 0 Å². The predicted octanol–water partition coefficient (Wildman–Crippen LogP) is 4.15. The van der Waals surface area contributed by atoms with Gasteiger partial charge in [-0.15, -0.1) is 0 Å². The third-order valence-corrected chi connectivity index (χ3v) is 5.76. The standard InChI is InChI=1S/C24H19ClN6O2/c1-13(28-22-20-21(29-14(2)30-22)26-12-27-23(20)32)18-11-15-7-6-10-17(25)19(15)24(33)31(18)16-8-4-3-5-9-16/h3-13H,1-2H3,(H2,26,27,28,29,30,32)/t13-/m0/s1. The maximum atomic E-state index is 13.6. The molecule has 2 aromatic carbocycles. The van der Waals surface area contributed by atoms with Crippen LogP contribution in [0.1, 0.15) is 24.5 Å². The quantitative estimate of drug-likeness (QED) is 0.419. The highest BCUT2D eigenvalue weighted by molar-refractivity contribution is 6.35. The average molecular weight is 459 g/mol. The van der Waals surface area contributed by atoms with E-state index >= 15 is 0 Å². The van der Waals surface area contributed by atoms with Crippen LogP contribution in [0.5, 0.6) is 0 Å². The third-order valence-electron chi connectivity index (χ3n) is 5.45. The van der Waals surface area contributed by atoms with Gasteiger partial charge in [-0.3, -0.25) is 14.2 Å². The molecule has 0 unspecified atom stereocenters. The molecule has 9 heteroatoms. The number of benzene rings is 2. The molecule has 0 bridgehead atoms. The van der Waals surface area contributed by atoms with Gasteiger partial charge < -0.3 is 10.3 Å². The molecule has 0 saturated carbocycles. The summed E-state index contributed by atoms with van der Waals surface area (Å²) in [6.07, 6.45) is 1.31. The Morgan fingerprint density at radius 1 is 1.03 bits per heavy atom. The smallest absolute Gasteiger partial charge is 0.264 e. The highest BCUT2D eigenvalue weighted by Gasteiger charge is 2.20. The van der Waals surface area contributed by atoms with Gasteiger partial charge in [0.25, 0.3) is 11.1 Å². The van der Waals surface area contributed by atoms with Gasteiger partial charge in [-0.2, -0.15) is 0 Å². The van der Waals surface area contributed by atoms with Crippen LogP contribution in [-0.4, -0.2) is 24.5 Å². The van der Waals surface area contributed by atoms with Crippen LogP contribution in [0, 0.1) is 6.92 Å². The van der Waals surface area contributed by atoms with Gasteiger partial charge in [-0.25, -0.2) is 15.0 Å². The number of pyridine rings is 1. The number of aromatic nitrogens is 5. The van der Waals surface area contributed by atoms with Crippen molar-refractivity contribution < 1.29 is 0 Å². The number of aryl methyl sites for hydroxylation is 1. The summed E-state index contributed by atoms with van der Waals surface area (Å²) in [6, 6.07) is 16.2. The van der Waals surface area contributed by atoms with E-state index in [9.17, 15) is 9.59 Å². The lowest BCUT2D eigenvalue weighted by Crippen LogP contribution is -2.26. The molecular formula is C24H19ClN6O2. The van der Waals surface area contributed by atoms with Gasteiger partial charge in [0.05, 0.1) is 22.8 Å². The zero-order valence-corrected chi connectivity index (χ0v) is 18.6. The Morgan fingerprint density at radius 3 is 2.61 bits per heavy atom. The second kappa shape index (κ2) is 8.14. The normalized spacial score (nSPS) is 12.2. The summed E-state index contributed by atoms with van der Waals surface area (Å²) in [4.78, 5) is 41.5. The molecule has 0 radical (unpaired) electrons. The van der Waals surface area contributed by atoms with Crippen LogP contribution in [0.2, 0.25) is 5.02 Å². The Balaban J connectivity index is 1.73. The summed E-state index contributed by atoms with van der Waals surface area (Å²) < 4.78 is 1.63. The van der Waals surface area contributed by atoms with Crippen molar-refractivity contribution in [1.82, 2.24) is 24.5 Å². The fourth-order valence-electron chi connectivity index (χ4n) is 3.97. The minimum Gasteiger partial charge on any atom is -0.361 e. The zero-order chi connectivity index (χ0) is 23.1. The fraction of sp³-hybridized carbons (Fsp3) is 0.125. The van der Waals surface area contributed by atoms with Gasteiger partial charge >= 0.3 is 0 Å². The lowest BCUT2D eigenvalue weighted by molar-refractivity contribution is 0.773. The summed E-state index contributed by atoms with van der Waals surface area (Å²) in [5.74, 6) is 0.818. The third kappa shape index (κ3) is 3.64. The molecule has 0 aliphatic heterocycles. The van der Waals surface area contributed by atoms with E-state index in [0.717, 1.165) is 5.39 Å². The first-order chi connectivity index (χ1) is 15.9. The van der Waals surface area contributed by atoms with Crippen molar-refractivity contribution in [2.45, 2.75) is 19.9 Å². The molecule has 164 valence electrons. The van der Waals surface area contributed by atoms with Crippen molar-refractivity contribution in [3.8, 4) is 5.69 Å². The van der Waals surface area contributed by atoms with Crippen molar-refractivity contribution in [2.75, 3.05) is 5.32 Å². The minimum absolute atomic E-state index is 0.226. The van der Waals surface area contributed by atoms with Gasteiger partial charge in [-0.1, -0.05) is 41.9 Å². The molecule has 3 aromatic heterocycles. The van der Waals surface area contributed by atoms with Gasteiger partial charge in [0.1, 0.15) is 17.0 Å². The van der Waals surface area contributed by atoms with Crippen LogP contribution in [0.15, 0.2) is 70.5 Å². The average Bonchev–Trinajstić information content (AvgIpc) is 2.79. The Bertz CT molecular complexity index is 1630. The van der Waals surface area contributed by atoms with Gasteiger partial charge in [-0.05, 0) is 43.5 Å². The molecule has 1 atom stereocenters. The van der Waals surface area contributed by atoms with E-state index < -0.39 is 6.04 Å². The molecule has 0 spiro atoms. The number of fused-ring (bicyclic) bond motifs is 2. The maximum absolute atomic E-state index is 13.6. The highest BCUT2D eigenvalue weighted by atomic mass is 35.5. The molecular weight excluding hydrogens is 440 g/mol. The molecule has 2 N–H and O–H groups in total. The van der Waals surface area contributed by atoms with Gasteiger partial charge in [0, 0.05) is 11.4 Å². The predicted molar refractivity (Wildman–Crippen MR) is 129 cm³/mol. The topological polar surface area (TPSA) is 106 Å². The Labute approximate surface area is 192 Å². The van der Waals surface area contributed by atoms with Crippen LogP contribution >= 0.6 is 11.6 Å². The second-order valence-corrected chi connectivity index (χ2v) is 8.07. The van der Waals surface area contributed by atoms with Crippen LogP contribution in [0.25, 0.3) is 27.5 Å². The second-order valence-electron chi connectivity index (χ2n) is 7.67. The molecule has 0 aliphatic rings. The highest BCUT2D eigenvalue weighted by Crippen LogP contribution is 2.27. The lowest BCUT2D eigenvalue weighted by atomic mass is 10.1. The van der Waals surface area contributed by atoms with Crippen LogP contribution < -0.4 is 16.4 Å². The Morgan fingerprint density at radius 2 is 1.82 bits per heavy atom. The summed E-state index contributed by atoms with van der Waals surface area (Å²) in [5.41, 5.74) is 1.12. The van der Waals surface area contributed by atoms with E-state index in [4.69, 9.17) is 11.6 Å². The van der Waals surface area contributed by atoms with Crippen molar-refractivity contribution in [3.05, 3.63) is 98.2 Å². The first kappa shape index (κ1) is 20.8. The molecule has 0 fully saturated rings. The lowest BCUT2D eigenvalue weighted by Gasteiger charge is -2.22. The molecule has 8 nitrogen and oxygen atoms in total. The number of para-hydroxylation sites is 1. The number of aromatic amines is 1. The first-order valence-electron chi connectivity index (χ1n) is 10.3. The number of H-pyrrole nitrogens is 1. The van der Waals surface area contributed by atoms with Crippen LogP contribution in [0.4, 0.5) is 5.82 Å². The number of hydrogen-bond acceptors (Lipinski definition) is 6. The van der Waals surface area contributed by atoms with E-state index in [0.29, 0.717) is 39.1 Å². The number of rotatable bonds is 4. The molecule has 0 aliphatic carbocycles. The monoisotopic (exact) mass is 458 g/mol. The van der Waals surface area contributed by atoms with E-state index in [1.165, 1.54) is 6.33 Å². The molecule has 0 saturated heterocycles. The number of nitrogens with zero attached hydrogens (tertiary/aromatic N) is 4. The molecule has 0 amide bonds. The minimum atomic E-state index is -0.404. The first-order valence-corrected chi connectivity index (χ1v) is 10.7. The molecule has 5 aromatic rings. The van der Waals surface area contributed by atoms with E-state index in [2.05, 4.69) is 25.3 Å². The maximum Gasteiger partial charge on any atom is 0.264 e. The zero-order valence-electron chi connectivity index (χ0n) is 17.8. The van der Waals surface area contributed by atoms with E-state index in [1.54, 1.807) is 17.6 Å². The largest absolute Gasteiger partial charge is 0.361 e. The van der Waals surface area contributed by atoms with Crippen molar-refractivity contribution in [3.63, 3.8) is 0 Å². The number of halogens is 1.